The van der Waals surface area contributed by atoms with Gasteiger partial charge in [0.25, 0.3) is 0 Å². The Morgan fingerprint density at radius 3 is 2.27 bits per heavy atom. The van der Waals surface area contributed by atoms with Crippen LogP contribution in [0.4, 0.5) is 4.79 Å². The number of benzene rings is 1. The molecule has 0 saturated heterocycles. The molecule has 22 heavy (non-hydrogen) atoms. The molecule has 1 aliphatic rings. The molecule has 1 unspecified atom stereocenters. The van der Waals surface area contributed by atoms with E-state index in [9.17, 15) is 9.59 Å². The van der Waals surface area contributed by atoms with Gasteiger partial charge in [-0.05, 0) is 40.2 Å². The highest BCUT2D eigenvalue weighted by molar-refractivity contribution is 5.95. The standard InChI is InChI=1S/C17H22N2O3/c1-10-6-8-12(9-7-10)14-13(11(2)18-16(21)19-14)15(20)22-17(3,4)5/h6-9,14H,1-5H3,(H2,18,19,21). The normalized spacial score (nSPS) is 18.6. The third-order valence-corrected chi connectivity index (χ3v) is 3.30. The summed E-state index contributed by atoms with van der Waals surface area (Å²) < 4.78 is 5.47. The Balaban J connectivity index is 2.41. The van der Waals surface area contributed by atoms with E-state index in [2.05, 4.69) is 10.6 Å². The van der Waals surface area contributed by atoms with Crippen molar-refractivity contribution in [3.05, 3.63) is 46.7 Å². The zero-order chi connectivity index (χ0) is 16.5. The Morgan fingerprint density at radius 1 is 1.14 bits per heavy atom. The Hall–Kier alpha value is -2.30. The monoisotopic (exact) mass is 302 g/mol. The quantitative estimate of drug-likeness (QED) is 0.825. The summed E-state index contributed by atoms with van der Waals surface area (Å²) in [5, 5.41) is 5.43. The summed E-state index contributed by atoms with van der Waals surface area (Å²) >= 11 is 0. The number of hydrogen-bond donors (Lipinski definition) is 2. The van der Waals surface area contributed by atoms with E-state index in [-0.39, 0.29) is 6.03 Å². The summed E-state index contributed by atoms with van der Waals surface area (Å²) in [7, 11) is 0. The van der Waals surface area contributed by atoms with Crippen LogP contribution in [0, 0.1) is 6.92 Å². The van der Waals surface area contributed by atoms with Crippen molar-refractivity contribution in [2.45, 2.75) is 46.3 Å². The van der Waals surface area contributed by atoms with Crippen LogP contribution < -0.4 is 10.6 Å². The van der Waals surface area contributed by atoms with E-state index in [0.29, 0.717) is 11.3 Å². The van der Waals surface area contributed by atoms with Crippen molar-refractivity contribution in [1.29, 1.82) is 0 Å². The molecule has 5 nitrogen and oxygen atoms in total. The van der Waals surface area contributed by atoms with Gasteiger partial charge >= 0.3 is 12.0 Å². The number of nitrogens with one attached hydrogen (secondary N) is 2. The second kappa shape index (κ2) is 5.83. The van der Waals surface area contributed by atoms with Gasteiger partial charge in [-0.2, -0.15) is 0 Å². The molecule has 118 valence electrons. The zero-order valence-electron chi connectivity index (χ0n) is 13.6. The molecule has 0 spiro atoms. The fraction of sp³-hybridized carbons (Fsp3) is 0.412. The maximum Gasteiger partial charge on any atom is 0.338 e. The van der Waals surface area contributed by atoms with E-state index < -0.39 is 17.6 Å². The molecule has 5 heteroatoms. The number of rotatable bonds is 2. The van der Waals surface area contributed by atoms with E-state index in [1.807, 2.05) is 52.0 Å². The summed E-state index contributed by atoms with van der Waals surface area (Å²) in [5.74, 6) is -0.428. The predicted molar refractivity (Wildman–Crippen MR) is 84.1 cm³/mol. The lowest BCUT2D eigenvalue weighted by molar-refractivity contribution is -0.150. The molecule has 0 aromatic heterocycles. The van der Waals surface area contributed by atoms with Gasteiger partial charge in [0.1, 0.15) is 5.60 Å². The largest absolute Gasteiger partial charge is 0.456 e. The molecule has 0 aliphatic carbocycles. The minimum atomic E-state index is -0.594. The Labute approximate surface area is 130 Å². The summed E-state index contributed by atoms with van der Waals surface area (Å²) in [5.41, 5.74) is 2.31. The molecule has 0 radical (unpaired) electrons. The van der Waals surface area contributed by atoms with Crippen molar-refractivity contribution < 1.29 is 14.3 Å². The average Bonchev–Trinajstić information content (AvgIpc) is 2.36. The number of carbonyl (C=O) groups is 2. The number of ether oxygens (including phenoxy) is 1. The molecule has 2 N–H and O–H groups in total. The molecule has 1 aromatic rings. The molecule has 1 aliphatic heterocycles. The predicted octanol–water partition coefficient (Wildman–Crippen LogP) is 2.96. The van der Waals surface area contributed by atoms with Gasteiger partial charge in [0.15, 0.2) is 0 Å². The van der Waals surface area contributed by atoms with Crippen molar-refractivity contribution in [3.63, 3.8) is 0 Å². The number of carbonyl (C=O) groups excluding carboxylic acids is 2. The molecule has 1 atom stereocenters. The third kappa shape index (κ3) is 3.67. The number of esters is 1. The summed E-state index contributed by atoms with van der Waals surface area (Å²) in [4.78, 5) is 24.3. The van der Waals surface area contributed by atoms with Crippen molar-refractivity contribution in [3.8, 4) is 0 Å². The summed E-state index contributed by atoms with van der Waals surface area (Å²) in [6.07, 6.45) is 0. The van der Waals surface area contributed by atoms with E-state index in [4.69, 9.17) is 4.74 Å². The van der Waals surface area contributed by atoms with Gasteiger partial charge in [0, 0.05) is 5.70 Å². The van der Waals surface area contributed by atoms with E-state index in [1.165, 1.54) is 0 Å². The van der Waals surface area contributed by atoms with E-state index in [0.717, 1.165) is 11.1 Å². The minimum absolute atomic E-state index is 0.324. The Kier molecular flexibility index (Phi) is 4.26. The van der Waals surface area contributed by atoms with Crippen LogP contribution in [0.15, 0.2) is 35.5 Å². The van der Waals surface area contributed by atoms with Gasteiger partial charge in [-0.1, -0.05) is 29.8 Å². The lowest BCUT2D eigenvalue weighted by atomic mass is 9.95. The molecule has 0 fully saturated rings. The smallest absolute Gasteiger partial charge is 0.338 e. The van der Waals surface area contributed by atoms with Crippen LogP contribution in [0.3, 0.4) is 0 Å². The third-order valence-electron chi connectivity index (χ3n) is 3.30. The number of hydrogen-bond acceptors (Lipinski definition) is 3. The average molecular weight is 302 g/mol. The summed E-state index contributed by atoms with van der Waals surface area (Å²) in [6.45, 7) is 9.14. The van der Waals surface area contributed by atoms with Gasteiger partial charge in [-0.3, -0.25) is 0 Å². The number of allylic oxidation sites excluding steroid dienone is 1. The highest BCUT2D eigenvalue weighted by Gasteiger charge is 2.33. The van der Waals surface area contributed by atoms with Crippen LogP contribution in [0.5, 0.6) is 0 Å². The highest BCUT2D eigenvalue weighted by atomic mass is 16.6. The first-order chi connectivity index (χ1) is 10.2. The number of aryl methyl sites for hydroxylation is 1. The van der Waals surface area contributed by atoms with Crippen LogP contribution in [-0.2, 0) is 9.53 Å². The maximum absolute atomic E-state index is 12.5. The fourth-order valence-corrected chi connectivity index (χ4v) is 2.31. The van der Waals surface area contributed by atoms with Crippen LogP contribution in [0.25, 0.3) is 0 Å². The second-order valence-corrected chi connectivity index (χ2v) is 6.48. The van der Waals surface area contributed by atoms with E-state index in [1.54, 1.807) is 6.92 Å². The molecule has 2 rings (SSSR count). The highest BCUT2D eigenvalue weighted by Crippen LogP contribution is 2.29. The lowest BCUT2D eigenvalue weighted by Crippen LogP contribution is -2.46. The molecule has 1 heterocycles. The molecular formula is C17H22N2O3. The van der Waals surface area contributed by atoms with Gasteiger partial charge in [-0.25, -0.2) is 9.59 Å². The first-order valence-electron chi connectivity index (χ1n) is 7.25. The Bertz CT molecular complexity index is 624. The van der Waals surface area contributed by atoms with Crippen molar-refractivity contribution in [1.82, 2.24) is 10.6 Å². The first-order valence-corrected chi connectivity index (χ1v) is 7.25. The lowest BCUT2D eigenvalue weighted by Gasteiger charge is -2.30. The SMILES string of the molecule is CC1=C(C(=O)OC(C)(C)C)C(c2ccc(C)cc2)NC(=O)N1. The molecule has 0 bridgehead atoms. The fourth-order valence-electron chi connectivity index (χ4n) is 2.31. The first kappa shape index (κ1) is 16.1. The van der Waals surface area contributed by atoms with E-state index >= 15 is 0 Å². The van der Waals surface area contributed by atoms with Gasteiger partial charge in [0.05, 0.1) is 11.6 Å². The summed E-state index contributed by atoms with van der Waals surface area (Å²) in [6, 6.07) is 6.88. The van der Waals surface area contributed by atoms with Crippen molar-refractivity contribution in [2.24, 2.45) is 0 Å². The van der Waals surface area contributed by atoms with Gasteiger partial charge < -0.3 is 15.4 Å². The van der Waals surface area contributed by atoms with Crippen molar-refractivity contribution in [2.75, 3.05) is 0 Å². The minimum Gasteiger partial charge on any atom is -0.456 e. The van der Waals surface area contributed by atoms with Crippen LogP contribution in [0.1, 0.15) is 44.9 Å². The second-order valence-electron chi connectivity index (χ2n) is 6.48. The van der Waals surface area contributed by atoms with Crippen LogP contribution in [0.2, 0.25) is 0 Å². The maximum atomic E-state index is 12.5. The molecule has 2 amide bonds. The molecular weight excluding hydrogens is 280 g/mol. The van der Waals surface area contributed by atoms with Crippen LogP contribution in [-0.4, -0.2) is 17.6 Å². The molecule has 0 saturated carbocycles. The molecule has 1 aromatic carbocycles. The Morgan fingerprint density at radius 2 is 1.73 bits per heavy atom. The van der Waals surface area contributed by atoms with Gasteiger partial charge in [0.2, 0.25) is 0 Å². The number of urea groups is 1. The van der Waals surface area contributed by atoms with Gasteiger partial charge in [-0.15, -0.1) is 0 Å². The van der Waals surface area contributed by atoms with Crippen LogP contribution >= 0.6 is 0 Å². The topological polar surface area (TPSA) is 67.4 Å². The van der Waals surface area contributed by atoms with Crippen molar-refractivity contribution >= 4 is 12.0 Å². The zero-order valence-corrected chi connectivity index (χ0v) is 13.6. The number of amides is 2.